The second-order valence-electron chi connectivity index (χ2n) is 8.30. The molecule has 1 N–H and O–H groups in total. The van der Waals surface area contributed by atoms with Crippen molar-refractivity contribution in [2.45, 2.75) is 62.7 Å². The minimum Gasteiger partial charge on any atom is -0.358 e. The molecule has 1 aliphatic carbocycles. The van der Waals surface area contributed by atoms with Gasteiger partial charge in [0.15, 0.2) is 0 Å². The van der Waals surface area contributed by atoms with Crippen LogP contribution in [0.25, 0.3) is 0 Å². The van der Waals surface area contributed by atoms with E-state index in [0.29, 0.717) is 19.5 Å². The summed E-state index contributed by atoms with van der Waals surface area (Å²) in [7, 11) is -4.20. The van der Waals surface area contributed by atoms with Crippen LogP contribution in [0.1, 0.15) is 39.5 Å². The van der Waals surface area contributed by atoms with Crippen molar-refractivity contribution in [1.29, 1.82) is 0 Å². The molecule has 11 heteroatoms. The summed E-state index contributed by atoms with van der Waals surface area (Å²) in [6.45, 7) is 5.15. The average molecular weight is 463 g/mol. The first-order chi connectivity index (χ1) is 14.5. The Morgan fingerprint density at radius 3 is 2.45 bits per heavy atom. The Bertz CT molecular complexity index is 988. The number of benzene rings is 1. The minimum atomic E-state index is -4.55. The van der Waals surface area contributed by atoms with Crippen LogP contribution in [0, 0.1) is 11.7 Å². The lowest BCUT2D eigenvalue weighted by Gasteiger charge is -2.45. The quantitative estimate of drug-likeness (QED) is 0.671. The maximum Gasteiger partial charge on any atom is 0.408 e. The van der Waals surface area contributed by atoms with E-state index in [-0.39, 0.29) is 42.1 Å². The molecule has 0 amide bonds. The van der Waals surface area contributed by atoms with Crippen molar-refractivity contribution in [3.8, 4) is 0 Å². The van der Waals surface area contributed by atoms with Gasteiger partial charge >= 0.3 is 6.18 Å². The smallest absolute Gasteiger partial charge is 0.358 e. The fraction of sp³-hybridized carbons (Fsp3) is 0.650. The van der Waals surface area contributed by atoms with Gasteiger partial charge in [0, 0.05) is 18.5 Å². The van der Waals surface area contributed by atoms with Crippen LogP contribution < -0.4 is 10.2 Å². The van der Waals surface area contributed by atoms with Crippen LogP contribution in [0.3, 0.4) is 0 Å². The molecule has 2 heterocycles. The minimum absolute atomic E-state index is 0.00570. The third-order valence-corrected chi connectivity index (χ3v) is 7.67. The van der Waals surface area contributed by atoms with Gasteiger partial charge in [0.25, 0.3) is 10.0 Å². The fourth-order valence-electron chi connectivity index (χ4n) is 4.60. The van der Waals surface area contributed by atoms with Crippen LogP contribution in [-0.2, 0) is 10.0 Å². The zero-order valence-corrected chi connectivity index (χ0v) is 18.2. The molecule has 4 rings (SSSR count). The number of nitrogens with zero attached hydrogens (tertiary/aromatic N) is 3. The predicted molar refractivity (Wildman–Crippen MR) is 110 cm³/mol. The Labute approximate surface area is 179 Å². The maximum absolute atomic E-state index is 14.4. The van der Waals surface area contributed by atoms with E-state index in [2.05, 4.69) is 9.71 Å². The van der Waals surface area contributed by atoms with Crippen molar-refractivity contribution in [2.24, 2.45) is 10.3 Å². The SMILES string of the molecule is CCN(CC)[C@@H]1CCN(c2cc(F)cc3c2NC(C2CC2)=NS3(=O)=O)[C@H](C(F)(F)F)C1. The van der Waals surface area contributed by atoms with E-state index in [0.717, 1.165) is 29.9 Å². The zero-order valence-electron chi connectivity index (χ0n) is 17.4. The van der Waals surface area contributed by atoms with Crippen LogP contribution in [0.4, 0.5) is 28.9 Å². The van der Waals surface area contributed by atoms with E-state index >= 15 is 0 Å². The van der Waals surface area contributed by atoms with Crippen molar-refractivity contribution < 1.29 is 26.0 Å². The number of alkyl halides is 3. The summed E-state index contributed by atoms with van der Waals surface area (Å²) in [6.07, 6.45) is -2.73. The van der Waals surface area contributed by atoms with Crippen LogP contribution in [-0.4, -0.2) is 57.0 Å². The molecule has 1 saturated carbocycles. The normalized spacial score (nSPS) is 25.8. The second-order valence-corrected chi connectivity index (χ2v) is 9.87. The van der Waals surface area contributed by atoms with Crippen molar-refractivity contribution >= 4 is 27.2 Å². The summed E-state index contributed by atoms with van der Waals surface area (Å²) in [6, 6.07) is -0.277. The number of amidine groups is 1. The van der Waals surface area contributed by atoms with Crippen molar-refractivity contribution in [3.63, 3.8) is 0 Å². The summed E-state index contributed by atoms with van der Waals surface area (Å²) in [5, 5.41) is 2.92. The fourth-order valence-corrected chi connectivity index (χ4v) is 5.83. The number of halogens is 4. The van der Waals surface area contributed by atoms with E-state index < -0.39 is 33.0 Å². The van der Waals surface area contributed by atoms with E-state index in [1.54, 1.807) is 0 Å². The number of fused-ring (bicyclic) bond motifs is 1. The van der Waals surface area contributed by atoms with E-state index in [4.69, 9.17) is 0 Å². The number of rotatable bonds is 5. The van der Waals surface area contributed by atoms with Gasteiger partial charge < -0.3 is 15.1 Å². The Morgan fingerprint density at radius 2 is 1.87 bits per heavy atom. The number of sulfonamides is 1. The van der Waals surface area contributed by atoms with Crippen molar-refractivity contribution in [1.82, 2.24) is 4.90 Å². The Morgan fingerprint density at radius 1 is 1.19 bits per heavy atom. The van der Waals surface area contributed by atoms with E-state index in [9.17, 15) is 26.0 Å². The van der Waals surface area contributed by atoms with Gasteiger partial charge in [-0.2, -0.15) is 21.6 Å². The number of anilines is 2. The highest BCUT2D eigenvalue weighted by Gasteiger charge is 2.49. The third kappa shape index (κ3) is 4.26. The lowest BCUT2D eigenvalue weighted by molar-refractivity contribution is -0.156. The molecule has 3 aliphatic rings. The molecule has 172 valence electrons. The largest absolute Gasteiger partial charge is 0.408 e. The summed E-state index contributed by atoms with van der Waals surface area (Å²) < 4.78 is 85.8. The third-order valence-electron chi connectivity index (χ3n) is 6.35. The molecule has 0 unspecified atom stereocenters. The number of nitrogens with one attached hydrogen (secondary N) is 1. The predicted octanol–water partition coefficient (Wildman–Crippen LogP) is 3.99. The molecule has 0 aromatic heterocycles. The van der Waals surface area contributed by atoms with Crippen LogP contribution >= 0.6 is 0 Å². The monoisotopic (exact) mass is 462 g/mol. The molecule has 1 aromatic rings. The van der Waals surface area contributed by atoms with Crippen molar-refractivity contribution in [2.75, 3.05) is 29.9 Å². The Kier molecular flexibility index (Phi) is 5.70. The summed E-state index contributed by atoms with van der Waals surface area (Å²) in [5.41, 5.74) is -0.0826. The van der Waals surface area contributed by atoms with Crippen LogP contribution in [0.2, 0.25) is 0 Å². The molecule has 6 nitrogen and oxygen atoms in total. The topological polar surface area (TPSA) is 65.0 Å². The molecule has 0 radical (unpaired) electrons. The van der Waals surface area contributed by atoms with Gasteiger partial charge in [-0.05, 0) is 50.9 Å². The Balaban J connectivity index is 1.76. The van der Waals surface area contributed by atoms with Gasteiger partial charge in [0.05, 0.1) is 11.4 Å². The molecular formula is C20H26F4N4O2S. The summed E-state index contributed by atoms with van der Waals surface area (Å²) in [5.74, 6) is -0.745. The summed E-state index contributed by atoms with van der Waals surface area (Å²) >= 11 is 0. The standard InChI is InChI=1S/C20H26F4N4O2S/c1-3-27(4-2)14-7-8-28(17(11-14)20(22,23)24)15-9-13(21)10-16-18(15)25-19(12-5-6-12)26-31(16,29)30/h9-10,12,14,17H,3-8,11H2,1-2H3,(H,25,26)/t14-,17+/m1/s1. The number of hydrogen-bond acceptors (Lipinski definition) is 5. The highest BCUT2D eigenvalue weighted by molar-refractivity contribution is 7.90. The van der Waals surface area contributed by atoms with Crippen molar-refractivity contribution in [3.05, 3.63) is 17.9 Å². The van der Waals surface area contributed by atoms with Gasteiger partial charge in [-0.1, -0.05) is 13.8 Å². The molecule has 2 atom stereocenters. The van der Waals surface area contributed by atoms with E-state index in [1.165, 1.54) is 0 Å². The van der Waals surface area contributed by atoms with Crippen LogP contribution in [0.15, 0.2) is 21.4 Å². The molecule has 2 fully saturated rings. The highest BCUT2D eigenvalue weighted by atomic mass is 32.2. The summed E-state index contributed by atoms with van der Waals surface area (Å²) in [4.78, 5) is 2.69. The van der Waals surface area contributed by atoms with E-state index in [1.807, 2.05) is 18.7 Å². The molecule has 1 aromatic carbocycles. The first-order valence-corrected chi connectivity index (χ1v) is 12.0. The highest BCUT2D eigenvalue weighted by Crippen LogP contribution is 2.45. The lowest BCUT2D eigenvalue weighted by atomic mass is 9.94. The lowest BCUT2D eigenvalue weighted by Crippen LogP contribution is -2.56. The first-order valence-electron chi connectivity index (χ1n) is 10.6. The van der Waals surface area contributed by atoms with Crippen LogP contribution in [0.5, 0.6) is 0 Å². The first kappa shape index (κ1) is 22.3. The molecule has 0 bridgehead atoms. The second kappa shape index (κ2) is 7.91. The van der Waals surface area contributed by atoms with Gasteiger partial charge in [-0.15, -0.1) is 4.40 Å². The number of piperidine rings is 1. The van der Waals surface area contributed by atoms with Gasteiger partial charge in [0.1, 0.15) is 22.6 Å². The molecule has 0 spiro atoms. The molecule has 1 saturated heterocycles. The maximum atomic E-state index is 14.4. The molecule has 2 aliphatic heterocycles. The average Bonchev–Trinajstić information content (AvgIpc) is 3.53. The Hall–Kier alpha value is -1.88. The molecular weight excluding hydrogens is 436 g/mol. The van der Waals surface area contributed by atoms with Gasteiger partial charge in [-0.3, -0.25) is 0 Å². The molecule has 31 heavy (non-hydrogen) atoms. The van der Waals surface area contributed by atoms with Gasteiger partial charge in [0.2, 0.25) is 0 Å². The number of hydrogen-bond donors (Lipinski definition) is 1. The van der Waals surface area contributed by atoms with Gasteiger partial charge in [-0.25, -0.2) is 4.39 Å². The zero-order chi connectivity index (χ0) is 22.6.